The van der Waals surface area contributed by atoms with Gasteiger partial charge in [0.1, 0.15) is 0 Å². The maximum absolute atomic E-state index is 12.5. The molecule has 0 spiro atoms. The molecule has 0 N–H and O–H groups in total. The number of carbonyl (C=O) groups is 1. The summed E-state index contributed by atoms with van der Waals surface area (Å²) < 4.78 is 0. The van der Waals surface area contributed by atoms with Crippen LogP contribution in [0.25, 0.3) is 6.08 Å². The largest absolute Gasteiger partial charge is 0.308 e. The molecule has 0 aliphatic carbocycles. The van der Waals surface area contributed by atoms with Gasteiger partial charge in [0.2, 0.25) is 0 Å². The third kappa shape index (κ3) is 2.62. The molecule has 21 heavy (non-hydrogen) atoms. The van der Waals surface area contributed by atoms with Gasteiger partial charge < -0.3 is 4.90 Å². The number of hydrogen-bond donors (Lipinski definition) is 0. The van der Waals surface area contributed by atoms with Crippen LogP contribution in [0.4, 0.5) is 5.69 Å². The zero-order valence-corrected chi connectivity index (χ0v) is 12.4. The highest BCUT2D eigenvalue weighted by Gasteiger charge is 2.36. The van der Waals surface area contributed by atoms with E-state index in [1.165, 1.54) is 5.56 Å². The number of carbonyl (C=O) groups excluding carboxylic acids is 1. The van der Waals surface area contributed by atoms with Crippen molar-refractivity contribution in [2.45, 2.75) is 19.3 Å². The van der Waals surface area contributed by atoms with E-state index < -0.39 is 0 Å². The molecule has 1 aliphatic rings. The van der Waals surface area contributed by atoms with Crippen LogP contribution < -0.4 is 4.90 Å². The number of hydrogen-bond acceptors (Lipinski definition) is 1. The van der Waals surface area contributed by atoms with Crippen molar-refractivity contribution in [3.63, 3.8) is 0 Å². The quantitative estimate of drug-likeness (QED) is 0.759. The SMILES string of the molecule is CC1(C)CN(C(=O)/C=C/c2ccccc2)c2ccccc21. The van der Waals surface area contributed by atoms with Crippen LogP contribution in [0.1, 0.15) is 25.0 Å². The molecule has 0 bridgehead atoms. The molecular weight excluding hydrogens is 258 g/mol. The van der Waals surface area contributed by atoms with Crippen LogP contribution in [0.3, 0.4) is 0 Å². The molecular formula is C19H19NO. The normalized spacial score (nSPS) is 16.2. The number of amides is 1. The van der Waals surface area contributed by atoms with Crippen LogP contribution in [0.2, 0.25) is 0 Å². The first-order chi connectivity index (χ1) is 10.1. The van der Waals surface area contributed by atoms with E-state index in [4.69, 9.17) is 0 Å². The van der Waals surface area contributed by atoms with Gasteiger partial charge in [-0.2, -0.15) is 0 Å². The van der Waals surface area contributed by atoms with Crippen molar-refractivity contribution in [1.82, 2.24) is 0 Å². The predicted molar refractivity (Wildman–Crippen MR) is 87.3 cm³/mol. The van der Waals surface area contributed by atoms with Gasteiger partial charge in [0.05, 0.1) is 0 Å². The number of anilines is 1. The molecule has 2 heteroatoms. The Balaban J connectivity index is 1.85. The van der Waals surface area contributed by atoms with Crippen molar-refractivity contribution in [3.8, 4) is 0 Å². The van der Waals surface area contributed by atoms with Crippen molar-refractivity contribution in [3.05, 3.63) is 71.8 Å². The zero-order valence-electron chi connectivity index (χ0n) is 12.4. The predicted octanol–water partition coefficient (Wildman–Crippen LogP) is 4.02. The number of rotatable bonds is 2. The first-order valence-corrected chi connectivity index (χ1v) is 7.22. The maximum atomic E-state index is 12.5. The molecule has 2 nitrogen and oxygen atoms in total. The minimum absolute atomic E-state index is 0.00679. The van der Waals surface area contributed by atoms with Gasteiger partial charge >= 0.3 is 0 Å². The second-order valence-electron chi connectivity index (χ2n) is 6.07. The standard InChI is InChI=1S/C19H19NO/c1-19(2)14-20(17-11-7-6-10-16(17)19)18(21)13-12-15-8-4-3-5-9-15/h3-13H,14H2,1-2H3/b13-12+. The average Bonchev–Trinajstić information content (AvgIpc) is 2.78. The highest BCUT2D eigenvalue weighted by Crippen LogP contribution is 2.40. The van der Waals surface area contributed by atoms with Gasteiger partial charge in [-0.05, 0) is 23.3 Å². The van der Waals surface area contributed by atoms with Crippen molar-refractivity contribution in [2.24, 2.45) is 0 Å². The number of nitrogens with zero attached hydrogens (tertiary/aromatic N) is 1. The summed E-state index contributed by atoms with van der Waals surface area (Å²) in [5.41, 5.74) is 3.32. The average molecular weight is 277 g/mol. The molecule has 0 unspecified atom stereocenters. The summed E-state index contributed by atoms with van der Waals surface area (Å²) in [4.78, 5) is 14.4. The molecule has 2 aromatic rings. The second kappa shape index (κ2) is 5.21. The lowest BCUT2D eigenvalue weighted by Crippen LogP contribution is -2.32. The molecule has 0 fully saturated rings. The third-order valence-corrected chi connectivity index (χ3v) is 3.96. The first kappa shape index (κ1) is 13.6. The van der Waals surface area contributed by atoms with Gasteiger partial charge in [0, 0.05) is 23.7 Å². The summed E-state index contributed by atoms with van der Waals surface area (Å²) >= 11 is 0. The van der Waals surface area contributed by atoms with Gasteiger partial charge in [-0.3, -0.25) is 4.79 Å². The summed E-state index contributed by atoms with van der Waals surface area (Å²) in [6, 6.07) is 18.1. The van der Waals surface area contributed by atoms with Crippen LogP contribution in [0.15, 0.2) is 60.7 Å². The van der Waals surface area contributed by atoms with E-state index in [-0.39, 0.29) is 11.3 Å². The fourth-order valence-electron chi connectivity index (χ4n) is 2.87. The summed E-state index contributed by atoms with van der Waals surface area (Å²) in [5.74, 6) is 0.0388. The van der Waals surface area contributed by atoms with E-state index >= 15 is 0 Å². The van der Waals surface area contributed by atoms with E-state index in [0.29, 0.717) is 0 Å². The van der Waals surface area contributed by atoms with E-state index in [0.717, 1.165) is 17.8 Å². The third-order valence-electron chi connectivity index (χ3n) is 3.96. The zero-order chi connectivity index (χ0) is 14.9. The molecule has 0 radical (unpaired) electrons. The van der Waals surface area contributed by atoms with Crippen molar-refractivity contribution in [2.75, 3.05) is 11.4 Å². The topological polar surface area (TPSA) is 20.3 Å². The number of para-hydroxylation sites is 1. The summed E-state index contributed by atoms with van der Waals surface area (Å²) in [6.07, 6.45) is 3.53. The molecule has 1 heterocycles. The Labute approximate surface area is 125 Å². The lowest BCUT2D eigenvalue weighted by molar-refractivity contribution is -0.114. The minimum atomic E-state index is 0.00679. The Morgan fingerprint density at radius 1 is 1.05 bits per heavy atom. The van der Waals surface area contributed by atoms with E-state index in [2.05, 4.69) is 19.9 Å². The van der Waals surface area contributed by atoms with E-state index in [1.807, 2.05) is 59.5 Å². The van der Waals surface area contributed by atoms with Gasteiger partial charge in [-0.15, -0.1) is 0 Å². The maximum Gasteiger partial charge on any atom is 0.251 e. The van der Waals surface area contributed by atoms with Crippen molar-refractivity contribution < 1.29 is 4.79 Å². The van der Waals surface area contributed by atoms with Crippen LogP contribution in [-0.4, -0.2) is 12.5 Å². The Hall–Kier alpha value is -2.35. The molecule has 1 aliphatic heterocycles. The summed E-state index contributed by atoms with van der Waals surface area (Å²) in [5, 5.41) is 0. The fourth-order valence-corrected chi connectivity index (χ4v) is 2.87. The Bertz CT molecular complexity index is 686. The lowest BCUT2D eigenvalue weighted by atomic mass is 9.87. The molecule has 3 rings (SSSR count). The van der Waals surface area contributed by atoms with Crippen molar-refractivity contribution >= 4 is 17.7 Å². The molecule has 0 aromatic heterocycles. The van der Waals surface area contributed by atoms with E-state index in [9.17, 15) is 4.79 Å². The number of fused-ring (bicyclic) bond motifs is 1. The molecule has 0 atom stereocenters. The Kier molecular flexibility index (Phi) is 3.38. The Morgan fingerprint density at radius 3 is 2.48 bits per heavy atom. The molecule has 2 aromatic carbocycles. The molecule has 0 saturated carbocycles. The van der Waals surface area contributed by atoms with Crippen molar-refractivity contribution in [1.29, 1.82) is 0 Å². The summed E-state index contributed by atoms with van der Waals surface area (Å²) in [6.45, 7) is 5.09. The van der Waals surface area contributed by atoms with Crippen LogP contribution in [0.5, 0.6) is 0 Å². The van der Waals surface area contributed by atoms with Crippen LogP contribution >= 0.6 is 0 Å². The molecule has 106 valence electrons. The second-order valence-corrected chi connectivity index (χ2v) is 6.07. The highest BCUT2D eigenvalue weighted by atomic mass is 16.2. The van der Waals surface area contributed by atoms with Gasteiger partial charge in [-0.25, -0.2) is 0 Å². The van der Waals surface area contributed by atoms with Gasteiger partial charge in [0.25, 0.3) is 5.91 Å². The van der Waals surface area contributed by atoms with Crippen LogP contribution in [0, 0.1) is 0 Å². The summed E-state index contributed by atoms with van der Waals surface area (Å²) in [7, 11) is 0. The molecule has 0 saturated heterocycles. The van der Waals surface area contributed by atoms with Crippen LogP contribution in [-0.2, 0) is 10.2 Å². The van der Waals surface area contributed by atoms with E-state index in [1.54, 1.807) is 6.08 Å². The van der Waals surface area contributed by atoms with Gasteiger partial charge in [-0.1, -0.05) is 62.4 Å². The van der Waals surface area contributed by atoms with Gasteiger partial charge in [0.15, 0.2) is 0 Å². The first-order valence-electron chi connectivity index (χ1n) is 7.22. The number of benzene rings is 2. The highest BCUT2D eigenvalue weighted by molar-refractivity contribution is 6.05. The fraction of sp³-hybridized carbons (Fsp3) is 0.211. The lowest BCUT2D eigenvalue weighted by Gasteiger charge is -2.19. The minimum Gasteiger partial charge on any atom is -0.308 e. The smallest absolute Gasteiger partial charge is 0.251 e. The molecule has 1 amide bonds. The monoisotopic (exact) mass is 277 g/mol. The Morgan fingerprint density at radius 2 is 1.71 bits per heavy atom.